The van der Waals surface area contributed by atoms with Crippen molar-refractivity contribution in [2.75, 3.05) is 51.1 Å². The Morgan fingerprint density at radius 1 is 0.925 bits per heavy atom. The highest BCUT2D eigenvalue weighted by atomic mass is 35.5. The number of carbonyl (C=O) groups excluding carboxylic acids is 1. The number of benzene rings is 3. The van der Waals surface area contributed by atoms with E-state index in [0.717, 1.165) is 55.0 Å². The number of alkyl halides is 3. The van der Waals surface area contributed by atoms with E-state index in [2.05, 4.69) is 46.4 Å². The molecule has 0 unspecified atom stereocenters. The Balaban J connectivity index is 0.00000441. The van der Waals surface area contributed by atoms with Gasteiger partial charge in [-0.05, 0) is 47.4 Å². The molecule has 9 heteroatoms. The lowest BCUT2D eigenvalue weighted by atomic mass is 9.88. The summed E-state index contributed by atoms with van der Waals surface area (Å²) in [5.41, 5.74) is 2.79. The average molecular weight is 573 g/mol. The van der Waals surface area contributed by atoms with Crippen LogP contribution in [0.1, 0.15) is 29.0 Å². The Morgan fingerprint density at radius 3 is 2.00 bits per heavy atom. The molecule has 3 aromatic rings. The summed E-state index contributed by atoms with van der Waals surface area (Å²) in [6.45, 7) is 9.41. The zero-order valence-corrected chi connectivity index (χ0v) is 23.2. The fourth-order valence-corrected chi connectivity index (χ4v) is 4.88. The Bertz CT molecular complexity index is 1160. The third-order valence-corrected chi connectivity index (χ3v) is 6.91. The lowest BCUT2D eigenvalue weighted by Gasteiger charge is -2.31. The highest BCUT2D eigenvalue weighted by molar-refractivity contribution is 5.89. The molecule has 0 radical (unpaired) electrons. The summed E-state index contributed by atoms with van der Waals surface area (Å²) >= 11 is 0. The maximum atomic E-state index is 13.4. The van der Waals surface area contributed by atoms with Gasteiger partial charge in [-0.1, -0.05) is 67.2 Å². The summed E-state index contributed by atoms with van der Waals surface area (Å²) in [5.74, 6) is 0.0789. The lowest BCUT2D eigenvalue weighted by molar-refractivity contribution is -0.137. The summed E-state index contributed by atoms with van der Waals surface area (Å²) < 4.78 is 39.0. The number of nitrogens with zero attached hydrogens (tertiary/aromatic N) is 2. The molecule has 0 atom stereocenters. The van der Waals surface area contributed by atoms with Crippen LogP contribution in [0, 0.1) is 0 Å². The van der Waals surface area contributed by atoms with Crippen LogP contribution in [-0.4, -0.2) is 61.6 Å². The number of carbonyl (C=O) groups is 1. The van der Waals surface area contributed by atoms with Gasteiger partial charge >= 0.3 is 12.2 Å². The summed E-state index contributed by atoms with van der Waals surface area (Å²) in [5, 5.41) is 6.12. The molecule has 0 aromatic heterocycles. The van der Waals surface area contributed by atoms with Crippen LogP contribution in [0.5, 0.6) is 0 Å². The van der Waals surface area contributed by atoms with E-state index in [-0.39, 0.29) is 24.4 Å². The number of piperazine rings is 1. The van der Waals surface area contributed by atoms with Gasteiger partial charge in [-0.2, -0.15) is 13.2 Å². The molecule has 1 saturated heterocycles. The molecule has 4 rings (SSSR count). The molecule has 3 aromatic carbocycles. The Morgan fingerprint density at radius 2 is 1.48 bits per heavy atom. The second kappa shape index (κ2) is 14.9. The maximum absolute atomic E-state index is 13.4. The highest BCUT2D eigenvalue weighted by Crippen LogP contribution is 2.30. The van der Waals surface area contributed by atoms with Crippen LogP contribution in [0.2, 0.25) is 0 Å². The molecule has 0 saturated carbocycles. The Labute approximate surface area is 240 Å². The minimum atomic E-state index is -4.43. The molecular formula is C31H36ClF3N4O. The zero-order chi connectivity index (χ0) is 27.7. The second-order valence-electron chi connectivity index (χ2n) is 9.87. The number of hydrogen-bond donors (Lipinski definition) is 2. The quantitative estimate of drug-likeness (QED) is 0.268. The average Bonchev–Trinajstić information content (AvgIpc) is 2.94. The van der Waals surface area contributed by atoms with Crippen LogP contribution in [-0.2, 0) is 6.18 Å². The van der Waals surface area contributed by atoms with Crippen molar-refractivity contribution < 1.29 is 18.0 Å². The van der Waals surface area contributed by atoms with E-state index >= 15 is 0 Å². The monoisotopic (exact) mass is 572 g/mol. The Hall–Kier alpha value is -3.33. The molecule has 0 bridgehead atoms. The van der Waals surface area contributed by atoms with Gasteiger partial charge < -0.3 is 15.5 Å². The fraction of sp³-hybridized carbons (Fsp3) is 0.323. The smallest absolute Gasteiger partial charge is 0.320 e. The number of rotatable bonds is 10. The standard InChI is InChI=1S/C31H35F3N4O.ClH/c1-24(22-37-20-17-35-18-21-37)23-38(30(39)36-28-14-12-27(13-15-28)31(32,33)34)19-16-29(25-8-4-2-5-9-25)26-10-6-3-7-11-26;/h2-15,29,35H,1,16-23H2,(H,36,39);1H. The van der Waals surface area contributed by atoms with Crippen molar-refractivity contribution in [3.8, 4) is 0 Å². The number of halogens is 4. The van der Waals surface area contributed by atoms with Crippen molar-refractivity contribution in [3.05, 3.63) is 114 Å². The largest absolute Gasteiger partial charge is 0.416 e. The molecule has 0 aliphatic carbocycles. The minimum Gasteiger partial charge on any atom is -0.320 e. The van der Waals surface area contributed by atoms with Crippen LogP contribution < -0.4 is 10.6 Å². The van der Waals surface area contributed by atoms with Crippen molar-refractivity contribution in [3.63, 3.8) is 0 Å². The molecule has 1 heterocycles. The SMILES string of the molecule is C=C(CN1CCNCC1)CN(CCC(c1ccccc1)c1ccccc1)C(=O)Nc1ccc(C(F)(F)F)cc1.Cl. The third kappa shape index (κ3) is 9.11. The van der Waals surface area contributed by atoms with E-state index < -0.39 is 11.7 Å². The second-order valence-corrected chi connectivity index (χ2v) is 9.87. The van der Waals surface area contributed by atoms with Gasteiger partial charge in [-0.3, -0.25) is 4.90 Å². The lowest BCUT2D eigenvalue weighted by Crippen LogP contribution is -2.45. The zero-order valence-electron chi connectivity index (χ0n) is 22.4. The van der Waals surface area contributed by atoms with E-state index in [4.69, 9.17) is 0 Å². The van der Waals surface area contributed by atoms with Gasteiger partial charge in [0.1, 0.15) is 0 Å². The number of hydrogen-bond acceptors (Lipinski definition) is 3. The van der Waals surface area contributed by atoms with Crippen molar-refractivity contribution in [2.45, 2.75) is 18.5 Å². The summed E-state index contributed by atoms with van der Waals surface area (Å²) in [7, 11) is 0. The van der Waals surface area contributed by atoms with Gasteiger partial charge in [0, 0.05) is 57.4 Å². The van der Waals surface area contributed by atoms with E-state index in [9.17, 15) is 18.0 Å². The molecule has 0 spiro atoms. The van der Waals surface area contributed by atoms with Crippen molar-refractivity contribution >= 4 is 24.1 Å². The van der Waals surface area contributed by atoms with Gasteiger partial charge in [-0.15, -0.1) is 12.4 Å². The topological polar surface area (TPSA) is 47.6 Å². The summed E-state index contributed by atoms with van der Waals surface area (Å²) in [6, 6.07) is 24.5. The molecule has 2 N–H and O–H groups in total. The normalized spacial score (nSPS) is 13.9. The first kappa shape index (κ1) is 31.2. The molecule has 5 nitrogen and oxygen atoms in total. The third-order valence-electron chi connectivity index (χ3n) is 6.91. The van der Waals surface area contributed by atoms with Crippen LogP contribution >= 0.6 is 12.4 Å². The van der Waals surface area contributed by atoms with Crippen LogP contribution in [0.25, 0.3) is 0 Å². The van der Waals surface area contributed by atoms with Gasteiger partial charge in [0.2, 0.25) is 0 Å². The molecule has 1 fully saturated rings. The maximum Gasteiger partial charge on any atom is 0.416 e. The fourth-order valence-electron chi connectivity index (χ4n) is 4.88. The van der Waals surface area contributed by atoms with E-state index in [1.54, 1.807) is 4.90 Å². The van der Waals surface area contributed by atoms with Crippen LogP contribution in [0.4, 0.5) is 23.7 Å². The number of urea groups is 1. The van der Waals surface area contributed by atoms with Crippen molar-refractivity contribution in [1.29, 1.82) is 0 Å². The van der Waals surface area contributed by atoms with Gasteiger partial charge in [0.15, 0.2) is 0 Å². The van der Waals surface area contributed by atoms with E-state index in [1.807, 2.05) is 36.4 Å². The number of amides is 2. The van der Waals surface area contributed by atoms with E-state index in [0.29, 0.717) is 31.7 Å². The summed E-state index contributed by atoms with van der Waals surface area (Å²) in [6.07, 6.45) is -3.75. The molecule has 1 aliphatic rings. The van der Waals surface area contributed by atoms with Crippen LogP contribution in [0.3, 0.4) is 0 Å². The van der Waals surface area contributed by atoms with E-state index in [1.165, 1.54) is 12.1 Å². The predicted molar refractivity (Wildman–Crippen MR) is 157 cm³/mol. The van der Waals surface area contributed by atoms with Gasteiger partial charge in [0.05, 0.1) is 5.56 Å². The molecule has 40 heavy (non-hydrogen) atoms. The van der Waals surface area contributed by atoms with Gasteiger partial charge in [0.25, 0.3) is 0 Å². The van der Waals surface area contributed by atoms with Crippen molar-refractivity contribution in [2.24, 2.45) is 0 Å². The molecule has 214 valence electrons. The number of nitrogens with one attached hydrogen (secondary N) is 2. The first-order chi connectivity index (χ1) is 18.8. The highest BCUT2D eigenvalue weighted by Gasteiger charge is 2.30. The molecule has 1 aliphatic heterocycles. The number of anilines is 1. The molecular weight excluding hydrogens is 537 g/mol. The predicted octanol–water partition coefficient (Wildman–Crippen LogP) is 6.64. The van der Waals surface area contributed by atoms with Crippen molar-refractivity contribution in [1.82, 2.24) is 15.1 Å². The van der Waals surface area contributed by atoms with Crippen LogP contribution in [0.15, 0.2) is 97.1 Å². The first-order valence-corrected chi connectivity index (χ1v) is 13.2. The summed E-state index contributed by atoms with van der Waals surface area (Å²) in [4.78, 5) is 17.5. The van der Waals surface area contributed by atoms with Gasteiger partial charge in [-0.25, -0.2) is 4.79 Å². The first-order valence-electron chi connectivity index (χ1n) is 13.2. The Kier molecular flexibility index (Phi) is 11.6. The molecule has 2 amide bonds. The minimum absolute atomic E-state index is 0.